The van der Waals surface area contributed by atoms with Crippen molar-refractivity contribution in [3.8, 4) is 0 Å². The smallest absolute Gasteiger partial charge is 0.254 e. The van der Waals surface area contributed by atoms with Crippen LogP contribution >= 0.6 is 0 Å². The zero-order valence-electron chi connectivity index (χ0n) is 8.97. The van der Waals surface area contributed by atoms with Gasteiger partial charge in [-0.2, -0.15) is 0 Å². The SMILES string of the molecule is C[C@H](Cc1ccoc1)NC(=O)c1ccoc1. The molecule has 4 heteroatoms. The summed E-state index contributed by atoms with van der Waals surface area (Å²) in [5.74, 6) is -0.121. The van der Waals surface area contributed by atoms with Crippen molar-refractivity contribution in [2.75, 3.05) is 0 Å². The van der Waals surface area contributed by atoms with Crippen LogP contribution in [0.4, 0.5) is 0 Å². The highest BCUT2D eigenvalue weighted by Gasteiger charge is 2.11. The molecule has 1 amide bonds. The Morgan fingerprint density at radius 1 is 1.31 bits per heavy atom. The Labute approximate surface area is 93.2 Å². The van der Waals surface area contributed by atoms with Crippen molar-refractivity contribution in [1.29, 1.82) is 0 Å². The predicted octanol–water partition coefficient (Wildman–Crippen LogP) is 2.23. The summed E-state index contributed by atoms with van der Waals surface area (Å²) in [6.07, 6.45) is 6.97. The monoisotopic (exact) mass is 219 g/mol. The number of nitrogens with one attached hydrogen (secondary N) is 1. The van der Waals surface area contributed by atoms with Gasteiger partial charge >= 0.3 is 0 Å². The van der Waals surface area contributed by atoms with Crippen LogP contribution in [0.5, 0.6) is 0 Å². The third-order valence-corrected chi connectivity index (χ3v) is 2.28. The van der Waals surface area contributed by atoms with Crippen LogP contribution in [0.3, 0.4) is 0 Å². The maximum Gasteiger partial charge on any atom is 0.254 e. The van der Waals surface area contributed by atoms with Crippen molar-refractivity contribution in [3.05, 3.63) is 48.3 Å². The van der Waals surface area contributed by atoms with Gasteiger partial charge in [0.2, 0.25) is 0 Å². The van der Waals surface area contributed by atoms with Gasteiger partial charge in [-0.05, 0) is 31.0 Å². The molecule has 0 saturated heterocycles. The molecule has 0 unspecified atom stereocenters. The lowest BCUT2D eigenvalue weighted by atomic mass is 10.1. The van der Waals surface area contributed by atoms with Gasteiger partial charge in [0.05, 0.1) is 24.4 Å². The van der Waals surface area contributed by atoms with Crippen molar-refractivity contribution in [3.63, 3.8) is 0 Å². The zero-order chi connectivity index (χ0) is 11.4. The van der Waals surface area contributed by atoms with E-state index < -0.39 is 0 Å². The molecule has 1 N–H and O–H groups in total. The zero-order valence-corrected chi connectivity index (χ0v) is 8.97. The highest BCUT2D eigenvalue weighted by atomic mass is 16.3. The number of rotatable bonds is 4. The molecule has 2 heterocycles. The van der Waals surface area contributed by atoms with E-state index in [2.05, 4.69) is 5.32 Å². The van der Waals surface area contributed by atoms with Crippen LogP contribution in [0.25, 0.3) is 0 Å². The summed E-state index contributed by atoms with van der Waals surface area (Å²) in [5.41, 5.74) is 1.61. The van der Waals surface area contributed by atoms with Crippen molar-refractivity contribution >= 4 is 5.91 Å². The van der Waals surface area contributed by atoms with Crippen molar-refractivity contribution in [2.45, 2.75) is 19.4 Å². The maximum atomic E-state index is 11.7. The molecule has 2 aromatic heterocycles. The largest absolute Gasteiger partial charge is 0.472 e. The Bertz CT molecular complexity index is 431. The van der Waals surface area contributed by atoms with E-state index >= 15 is 0 Å². The Kier molecular flexibility index (Phi) is 3.10. The first-order chi connectivity index (χ1) is 7.75. The van der Waals surface area contributed by atoms with Crippen molar-refractivity contribution < 1.29 is 13.6 Å². The summed E-state index contributed by atoms with van der Waals surface area (Å²) in [6, 6.07) is 3.58. The molecule has 0 aromatic carbocycles. The van der Waals surface area contributed by atoms with Crippen LogP contribution < -0.4 is 5.32 Å². The first-order valence-electron chi connectivity index (χ1n) is 5.10. The Balaban J connectivity index is 1.88. The standard InChI is InChI=1S/C12H13NO3/c1-9(6-10-2-4-15-7-10)13-12(14)11-3-5-16-8-11/h2-5,7-9H,6H2,1H3,(H,13,14)/t9-/m1/s1. The van der Waals surface area contributed by atoms with Gasteiger partial charge in [0, 0.05) is 6.04 Å². The molecular weight excluding hydrogens is 206 g/mol. The van der Waals surface area contributed by atoms with E-state index in [9.17, 15) is 4.79 Å². The van der Waals surface area contributed by atoms with Crippen LogP contribution in [-0.4, -0.2) is 11.9 Å². The van der Waals surface area contributed by atoms with Crippen LogP contribution in [0.15, 0.2) is 46.0 Å². The van der Waals surface area contributed by atoms with E-state index in [1.54, 1.807) is 18.6 Å². The van der Waals surface area contributed by atoms with Crippen LogP contribution in [-0.2, 0) is 6.42 Å². The second-order valence-electron chi connectivity index (χ2n) is 3.72. The van der Waals surface area contributed by atoms with E-state index in [-0.39, 0.29) is 11.9 Å². The predicted molar refractivity (Wildman–Crippen MR) is 58.0 cm³/mol. The molecule has 4 nitrogen and oxygen atoms in total. The quantitative estimate of drug-likeness (QED) is 0.857. The van der Waals surface area contributed by atoms with E-state index in [4.69, 9.17) is 8.83 Å². The van der Waals surface area contributed by atoms with E-state index in [1.165, 1.54) is 12.5 Å². The fraction of sp³-hybridized carbons (Fsp3) is 0.250. The number of carbonyl (C=O) groups is 1. The molecule has 0 bridgehead atoms. The normalized spacial score (nSPS) is 12.3. The number of hydrogen-bond acceptors (Lipinski definition) is 3. The summed E-state index contributed by atoms with van der Waals surface area (Å²) in [6.45, 7) is 1.95. The maximum absolute atomic E-state index is 11.7. The van der Waals surface area contributed by atoms with Crippen molar-refractivity contribution in [1.82, 2.24) is 5.32 Å². The lowest BCUT2D eigenvalue weighted by molar-refractivity contribution is 0.0939. The van der Waals surface area contributed by atoms with E-state index in [0.717, 1.165) is 12.0 Å². The number of carbonyl (C=O) groups excluding carboxylic acids is 1. The minimum atomic E-state index is -0.121. The molecule has 2 aromatic rings. The fourth-order valence-electron chi connectivity index (χ4n) is 1.51. The number of hydrogen-bond donors (Lipinski definition) is 1. The van der Waals surface area contributed by atoms with E-state index in [1.807, 2.05) is 13.0 Å². The fourth-order valence-corrected chi connectivity index (χ4v) is 1.51. The molecule has 2 rings (SSSR count). The summed E-state index contributed by atoms with van der Waals surface area (Å²) < 4.78 is 9.81. The Morgan fingerprint density at radius 2 is 2.06 bits per heavy atom. The number of amides is 1. The molecule has 0 aliphatic carbocycles. The Hall–Kier alpha value is -1.97. The summed E-state index contributed by atoms with van der Waals surface area (Å²) in [7, 11) is 0. The summed E-state index contributed by atoms with van der Waals surface area (Å²) in [4.78, 5) is 11.7. The molecular formula is C12H13NO3. The molecule has 0 saturated carbocycles. The minimum absolute atomic E-state index is 0.0556. The molecule has 0 aliphatic heterocycles. The summed E-state index contributed by atoms with van der Waals surface area (Å²) >= 11 is 0. The Morgan fingerprint density at radius 3 is 2.69 bits per heavy atom. The lowest BCUT2D eigenvalue weighted by Gasteiger charge is -2.11. The average Bonchev–Trinajstić information content (AvgIpc) is 2.88. The third kappa shape index (κ3) is 2.53. The molecule has 1 atom stereocenters. The molecule has 0 aliphatic rings. The van der Waals surface area contributed by atoms with Crippen molar-refractivity contribution in [2.24, 2.45) is 0 Å². The average molecular weight is 219 g/mol. The van der Waals surface area contributed by atoms with Crippen LogP contribution in [0.1, 0.15) is 22.8 Å². The van der Waals surface area contributed by atoms with Gasteiger partial charge in [-0.25, -0.2) is 0 Å². The molecule has 84 valence electrons. The van der Waals surface area contributed by atoms with E-state index in [0.29, 0.717) is 5.56 Å². The van der Waals surface area contributed by atoms with Gasteiger partial charge in [-0.15, -0.1) is 0 Å². The highest BCUT2D eigenvalue weighted by Crippen LogP contribution is 2.05. The van der Waals surface area contributed by atoms with Gasteiger partial charge in [-0.3, -0.25) is 4.79 Å². The minimum Gasteiger partial charge on any atom is -0.472 e. The lowest BCUT2D eigenvalue weighted by Crippen LogP contribution is -2.33. The molecule has 0 spiro atoms. The first-order valence-corrected chi connectivity index (χ1v) is 5.10. The first kappa shape index (κ1) is 10.5. The van der Waals surface area contributed by atoms with Crippen LogP contribution in [0.2, 0.25) is 0 Å². The van der Waals surface area contributed by atoms with Crippen LogP contribution in [0, 0.1) is 0 Å². The second kappa shape index (κ2) is 4.70. The summed E-state index contributed by atoms with van der Waals surface area (Å²) in [5, 5.41) is 2.88. The molecule has 0 radical (unpaired) electrons. The second-order valence-corrected chi connectivity index (χ2v) is 3.72. The topological polar surface area (TPSA) is 55.4 Å². The number of furan rings is 2. The van der Waals surface area contributed by atoms with Gasteiger partial charge in [0.25, 0.3) is 5.91 Å². The molecule has 0 fully saturated rings. The van der Waals surface area contributed by atoms with Gasteiger partial charge in [-0.1, -0.05) is 0 Å². The van der Waals surface area contributed by atoms with Gasteiger partial charge in [0.15, 0.2) is 0 Å². The highest BCUT2D eigenvalue weighted by molar-refractivity contribution is 5.93. The van der Waals surface area contributed by atoms with Gasteiger partial charge in [0.1, 0.15) is 6.26 Å². The molecule has 16 heavy (non-hydrogen) atoms. The van der Waals surface area contributed by atoms with Gasteiger partial charge < -0.3 is 14.2 Å². The third-order valence-electron chi connectivity index (χ3n) is 2.28.